The zero-order chi connectivity index (χ0) is 7.84. The summed E-state index contributed by atoms with van der Waals surface area (Å²) in [6, 6.07) is 4.70. The molecule has 0 aliphatic heterocycles. The fraction of sp³-hybridized carbons (Fsp3) is 0.222. The maximum atomic E-state index is 11.1. The first kappa shape index (κ1) is 6.40. The van der Waals surface area contributed by atoms with Gasteiger partial charge in [0.25, 0.3) is 0 Å². The van der Waals surface area contributed by atoms with Crippen LogP contribution in [-0.2, 0) is 11.5 Å². The van der Waals surface area contributed by atoms with Crippen molar-refractivity contribution in [3.8, 4) is 5.75 Å². The Kier molecular flexibility index (Phi) is 1.22. The molecule has 0 amide bonds. The number of fused-ring (bicyclic) bond motifs is 1. The van der Waals surface area contributed by atoms with E-state index in [-0.39, 0.29) is 11.5 Å². The fourth-order valence-electron chi connectivity index (χ4n) is 1.42. The van der Waals surface area contributed by atoms with E-state index in [0.717, 1.165) is 12.0 Å². The molecule has 0 saturated carbocycles. The zero-order valence-electron chi connectivity index (χ0n) is 5.96. The molecule has 0 unspecified atom stereocenters. The molecule has 1 aromatic carbocycles. The van der Waals surface area contributed by atoms with Gasteiger partial charge in [0, 0.05) is 12.0 Å². The van der Waals surface area contributed by atoms with Gasteiger partial charge in [0.2, 0.25) is 0 Å². The lowest BCUT2D eigenvalue weighted by molar-refractivity contribution is 0.0994. The van der Waals surface area contributed by atoms with Gasteiger partial charge in [0.15, 0.2) is 11.5 Å². The van der Waals surface area contributed by atoms with Crippen LogP contribution in [0.15, 0.2) is 18.2 Å². The number of aryl methyl sites for hydroxylation is 1. The topological polar surface area (TPSA) is 37.0 Å². The maximum Gasteiger partial charge on any atom is 0.179 e. The number of Topliss-reactive ketones (excluding diaryl/α,β-unsaturated/α-hetero) is 1. The Hall–Kier alpha value is -1.31. The number of carbonyl (C=O) groups excluding carboxylic acids is 1. The van der Waals surface area contributed by atoms with Crippen LogP contribution in [0.2, 0.25) is 0 Å². The van der Waals surface area contributed by atoms with Crippen LogP contribution in [0.5, 0.6) is 5.75 Å². The SMILES string of the molecule is [O]c1ccc2c(c1)C(=O)CC2. The minimum atomic E-state index is -0.0704. The lowest BCUT2D eigenvalue weighted by Crippen LogP contribution is -1.89. The number of carbonyl (C=O) groups is 1. The van der Waals surface area contributed by atoms with Crippen LogP contribution in [0.25, 0.3) is 0 Å². The van der Waals surface area contributed by atoms with E-state index in [1.807, 2.05) is 0 Å². The predicted molar refractivity (Wildman–Crippen MR) is 39.2 cm³/mol. The van der Waals surface area contributed by atoms with Gasteiger partial charge in [-0.1, -0.05) is 6.07 Å². The molecule has 0 fully saturated rings. The van der Waals surface area contributed by atoms with Crippen molar-refractivity contribution in [2.24, 2.45) is 0 Å². The van der Waals surface area contributed by atoms with Crippen molar-refractivity contribution in [2.45, 2.75) is 12.8 Å². The summed E-state index contributed by atoms with van der Waals surface area (Å²) in [5.41, 5.74) is 1.66. The molecular formula is C9H7O2. The Labute approximate surface area is 64.5 Å². The summed E-state index contributed by atoms with van der Waals surface area (Å²) in [6.45, 7) is 0. The highest BCUT2D eigenvalue weighted by atomic mass is 16.3. The molecular weight excluding hydrogens is 140 g/mol. The van der Waals surface area contributed by atoms with E-state index >= 15 is 0 Å². The van der Waals surface area contributed by atoms with Crippen molar-refractivity contribution in [2.75, 3.05) is 0 Å². The van der Waals surface area contributed by atoms with Crippen molar-refractivity contribution in [1.29, 1.82) is 0 Å². The van der Waals surface area contributed by atoms with Gasteiger partial charge in [-0.25, -0.2) is 0 Å². The third-order valence-corrected chi connectivity index (χ3v) is 2.00. The second-order valence-corrected chi connectivity index (χ2v) is 2.74. The minimum absolute atomic E-state index is 0.0704. The van der Waals surface area contributed by atoms with Crippen LogP contribution >= 0.6 is 0 Å². The molecule has 1 aliphatic rings. The minimum Gasteiger partial charge on any atom is -0.294 e. The highest BCUT2D eigenvalue weighted by molar-refractivity contribution is 6.00. The number of hydrogen-bond donors (Lipinski definition) is 0. The van der Waals surface area contributed by atoms with E-state index in [1.165, 1.54) is 12.1 Å². The molecule has 1 aliphatic carbocycles. The Bertz CT molecular complexity index is 315. The summed E-state index contributed by atoms with van der Waals surface area (Å²) in [4.78, 5) is 11.1. The number of hydrogen-bond acceptors (Lipinski definition) is 1. The van der Waals surface area contributed by atoms with Crippen LogP contribution in [0.3, 0.4) is 0 Å². The second kappa shape index (κ2) is 2.09. The molecule has 1 radical (unpaired) electrons. The van der Waals surface area contributed by atoms with E-state index in [0.29, 0.717) is 12.0 Å². The largest absolute Gasteiger partial charge is 0.294 e. The lowest BCUT2D eigenvalue weighted by atomic mass is 10.1. The molecule has 11 heavy (non-hydrogen) atoms. The summed E-state index contributed by atoms with van der Waals surface area (Å²) in [7, 11) is 0. The molecule has 0 aromatic heterocycles. The molecule has 0 atom stereocenters. The summed E-state index contributed by atoms with van der Waals surface area (Å²) in [6.07, 6.45) is 1.37. The van der Waals surface area contributed by atoms with E-state index in [4.69, 9.17) is 0 Å². The first-order valence-electron chi connectivity index (χ1n) is 3.60. The molecule has 0 N–H and O–H groups in total. The summed E-state index contributed by atoms with van der Waals surface area (Å²) < 4.78 is 0. The molecule has 0 bridgehead atoms. The lowest BCUT2D eigenvalue weighted by Gasteiger charge is -1.94. The molecule has 0 heterocycles. The summed E-state index contributed by atoms with van der Waals surface area (Å²) in [5, 5.41) is 10.8. The van der Waals surface area contributed by atoms with Crippen molar-refractivity contribution in [1.82, 2.24) is 0 Å². The highest BCUT2D eigenvalue weighted by Gasteiger charge is 2.19. The zero-order valence-corrected chi connectivity index (χ0v) is 5.96. The van der Waals surface area contributed by atoms with Crippen LogP contribution in [0.1, 0.15) is 22.3 Å². The van der Waals surface area contributed by atoms with Gasteiger partial charge in [-0.15, -0.1) is 0 Å². The van der Waals surface area contributed by atoms with Gasteiger partial charge in [-0.05, 0) is 24.1 Å². The van der Waals surface area contributed by atoms with Gasteiger partial charge >= 0.3 is 0 Å². The molecule has 0 saturated heterocycles. The van der Waals surface area contributed by atoms with E-state index in [1.54, 1.807) is 6.07 Å². The van der Waals surface area contributed by atoms with Crippen LogP contribution < -0.4 is 0 Å². The Balaban J connectivity index is 2.60. The van der Waals surface area contributed by atoms with E-state index in [2.05, 4.69) is 0 Å². The van der Waals surface area contributed by atoms with Crippen molar-refractivity contribution >= 4 is 5.78 Å². The Morgan fingerprint density at radius 1 is 1.18 bits per heavy atom. The first-order valence-corrected chi connectivity index (χ1v) is 3.60. The average Bonchev–Trinajstić information content (AvgIpc) is 2.33. The van der Waals surface area contributed by atoms with Gasteiger partial charge < -0.3 is 0 Å². The van der Waals surface area contributed by atoms with Crippen molar-refractivity contribution < 1.29 is 9.90 Å². The van der Waals surface area contributed by atoms with Crippen LogP contribution in [-0.4, -0.2) is 5.78 Å². The van der Waals surface area contributed by atoms with Gasteiger partial charge in [0.1, 0.15) is 0 Å². The monoisotopic (exact) mass is 147 g/mol. The normalized spacial score (nSPS) is 15.1. The second-order valence-electron chi connectivity index (χ2n) is 2.74. The van der Waals surface area contributed by atoms with Crippen molar-refractivity contribution in [3.05, 3.63) is 29.3 Å². The number of ketones is 1. The Morgan fingerprint density at radius 3 is 2.82 bits per heavy atom. The first-order chi connectivity index (χ1) is 5.27. The quantitative estimate of drug-likeness (QED) is 0.552. The predicted octanol–water partition coefficient (Wildman–Crippen LogP) is 1.96. The van der Waals surface area contributed by atoms with Gasteiger partial charge in [-0.3, -0.25) is 9.90 Å². The molecule has 2 nitrogen and oxygen atoms in total. The summed E-state index contributed by atoms with van der Waals surface area (Å²) in [5.74, 6) is 0.0386. The molecule has 2 heteroatoms. The van der Waals surface area contributed by atoms with Crippen molar-refractivity contribution in [3.63, 3.8) is 0 Å². The standard InChI is InChI=1S/C9H7O2/c10-7-3-1-6-2-4-9(11)8(6)5-7/h1,3,5H,2,4H2. The van der Waals surface area contributed by atoms with E-state index < -0.39 is 0 Å². The fourth-order valence-corrected chi connectivity index (χ4v) is 1.42. The van der Waals surface area contributed by atoms with Crippen LogP contribution in [0.4, 0.5) is 0 Å². The number of benzene rings is 1. The third kappa shape index (κ3) is 0.909. The highest BCUT2D eigenvalue weighted by Crippen LogP contribution is 2.25. The molecule has 0 spiro atoms. The molecule has 1 aromatic rings. The van der Waals surface area contributed by atoms with E-state index in [9.17, 15) is 9.90 Å². The average molecular weight is 147 g/mol. The Morgan fingerprint density at radius 2 is 2.00 bits per heavy atom. The van der Waals surface area contributed by atoms with Crippen LogP contribution in [0, 0.1) is 0 Å². The van der Waals surface area contributed by atoms with Gasteiger partial charge in [-0.2, -0.15) is 0 Å². The van der Waals surface area contributed by atoms with Gasteiger partial charge in [0.05, 0.1) is 0 Å². The molecule has 2 rings (SSSR count). The smallest absolute Gasteiger partial charge is 0.179 e. The number of rotatable bonds is 0. The maximum absolute atomic E-state index is 11.1. The third-order valence-electron chi connectivity index (χ3n) is 2.00. The summed E-state index contributed by atoms with van der Waals surface area (Å²) >= 11 is 0. The molecule has 55 valence electrons.